The Bertz CT molecular complexity index is 1070. The number of hydrogen-bond acceptors (Lipinski definition) is 0. The fourth-order valence-electron chi connectivity index (χ4n) is 6.61. The first kappa shape index (κ1) is 35.1. The van der Waals surface area contributed by atoms with Crippen LogP contribution in [0.1, 0.15) is 165 Å². The van der Waals surface area contributed by atoms with Crippen molar-refractivity contribution < 1.29 is 4.57 Å². The zero-order valence-corrected chi connectivity index (χ0v) is 28.4. The van der Waals surface area contributed by atoms with Crippen molar-refractivity contribution in [1.29, 1.82) is 0 Å². The topological polar surface area (TPSA) is 8.81 Å². The highest BCUT2D eigenvalue weighted by Crippen LogP contribution is 2.21. The van der Waals surface area contributed by atoms with Gasteiger partial charge in [-0.1, -0.05) is 178 Å². The minimum atomic E-state index is 0.518. The lowest BCUT2D eigenvalue weighted by atomic mass is 9.96. The lowest BCUT2D eigenvalue weighted by Crippen LogP contribution is -2.41. The van der Waals surface area contributed by atoms with Gasteiger partial charge in [0.1, 0.15) is 11.9 Å². The van der Waals surface area contributed by atoms with Crippen molar-refractivity contribution in [1.82, 2.24) is 4.57 Å². The molecule has 0 spiro atoms. The van der Waals surface area contributed by atoms with Gasteiger partial charge in [-0.15, -0.1) is 0 Å². The number of aromatic nitrogens is 2. The van der Waals surface area contributed by atoms with Crippen molar-refractivity contribution in [3.05, 3.63) is 89.5 Å². The number of aryl methyl sites for hydroxylation is 1. The molecule has 2 aromatic carbocycles. The maximum atomic E-state index is 2.71. The van der Waals surface area contributed by atoms with Gasteiger partial charge in [-0.05, 0) is 36.3 Å². The first-order valence-electron chi connectivity index (χ1n) is 18.4. The highest BCUT2D eigenvalue weighted by Gasteiger charge is 2.25. The van der Waals surface area contributed by atoms with Gasteiger partial charge in [-0.2, -0.15) is 0 Å². The number of unbranched alkanes of at least 4 members (excludes halogenated alkanes) is 16. The normalized spacial score (nSPS) is 12.2. The fraction of sp³-hybridized carbons (Fsp3) is 0.634. The molecule has 1 aromatic heterocycles. The first-order chi connectivity index (χ1) is 21.2. The molecule has 3 aromatic rings. The molecule has 1 heterocycles. The summed E-state index contributed by atoms with van der Waals surface area (Å²) in [7, 11) is 0. The Morgan fingerprint density at radius 2 is 1.07 bits per heavy atom. The molecule has 1 atom stereocenters. The Hall–Kier alpha value is -2.35. The van der Waals surface area contributed by atoms with E-state index < -0.39 is 0 Å². The summed E-state index contributed by atoms with van der Waals surface area (Å²) in [4.78, 5) is 0. The first-order valence-corrected chi connectivity index (χ1v) is 18.4. The van der Waals surface area contributed by atoms with Crippen molar-refractivity contribution in [2.45, 2.75) is 168 Å². The third kappa shape index (κ3) is 13.9. The Balaban J connectivity index is 1.48. The smallest absolute Gasteiger partial charge is 0.234 e. The number of rotatable bonds is 25. The van der Waals surface area contributed by atoms with E-state index in [0.29, 0.717) is 5.92 Å². The molecule has 2 heteroatoms. The van der Waals surface area contributed by atoms with Gasteiger partial charge in [0, 0.05) is 6.42 Å². The average Bonchev–Trinajstić information content (AvgIpc) is 3.35. The minimum absolute atomic E-state index is 0.518. The third-order valence-corrected chi connectivity index (χ3v) is 9.37. The molecule has 0 saturated carbocycles. The van der Waals surface area contributed by atoms with Gasteiger partial charge in [0.05, 0.1) is 19.5 Å². The maximum absolute atomic E-state index is 2.71. The molecule has 3 rings (SSSR count). The quantitative estimate of drug-likeness (QED) is 0.0690. The Morgan fingerprint density at radius 1 is 0.581 bits per heavy atom. The van der Waals surface area contributed by atoms with Crippen LogP contribution in [0, 0.1) is 0 Å². The van der Waals surface area contributed by atoms with Crippen LogP contribution >= 0.6 is 0 Å². The Labute approximate surface area is 266 Å². The van der Waals surface area contributed by atoms with Gasteiger partial charge >= 0.3 is 0 Å². The number of benzene rings is 2. The molecule has 0 aliphatic rings. The van der Waals surface area contributed by atoms with Gasteiger partial charge in [0.2, 0.25) is 0 Å². The van der Waals surface area contributed by atoms with E-state index >= 15 is 0 Å². The molecule has 43 heavy (non-hydrogen) atoms. The highest BCUT2D eigenvalue weighted by atomic mass is 15.2. The average molecular weight is 586 g/mol. The second kappa shape index (κ2) is 22.2. The van der Waals surface area contributed by atoms with Crippen LogP contribution < -0.4 is 4.57 Å². The number of hydrogen-bond donors (Lipinski definition) is 0. The summed E-state index contributed by atoms with van der Waals surface area (Å²) < 4.78 is 5.31. The molecule has 1 unspecified atom stereocenters. The molecule has 238 valence electrons. The summed E-state index contributed by atoms with van der Waals surface area (Å²) in [6.45, 7) is 9.28. The van der Waals surface area contributed by atoms with Gasteiger partial charge < -0.3 is 0 Å². The van der Waals surface area contributed by atoms with Crippen LogP contribution in [0.2, 0.25) is 0 Å². The van der Waals surface area contributed by atoms with E-state index in [-0.39, 0.29) is 0 Å². The molecule has 0 aliphatic heterocycles. The predicted molar refractivity (Wildman–Crippen MR) is 187 cm³/mol. The van der Waals surface area contributed by atoms with E-state index in [4.69, 9.17) is 0 Å². The molecule has 0 N–H and O–H groups in total. The molecule has 0 bridgehead atoms. The predicted octanol–water partition coefficient (Wildman–Crippen LogP) is 11.8. The second-order valence-corrected chi connectivity index (χ2v) is 13.2. The van der Waals surface area contributed by atoms with Crippen LogP contribution in [0.5, 0.6) is 0 Å². The maximum Gasteiger partial charge on any atom is 0.261 e. The third-order valence-electron chi connectivity index (χ3n) is 9.37. The van der Waals surface area contributed by atoms with Crippen molar-refractivity contribution in [3.63, 3.8) is 0 Å². The number of imidazole rings is 1. The van der Waals surface area contributed by atoms with E-state index in [1.807, 2.05) is 0 Å². The second-order valence-electron chi connectivity index (χ2n) is 13.2. The van der Waals surface area contributed by atoms with E-state index in [1.54, 1.807) is 0 Å². The summed E-state index contributed by atoms with van der Waals surface area (Å²) in [5.41, 5.74) is 4.38. The number of nitrogens with zero attached hydrogens (tertiary/aromatic N) is 2. The summed E-state index contributed by atoms with van der Waals surface area (Å²) >= 11 is 0. The van der Waals surface area contributed by atoms with Crippen molar-refractivity contribution in [3.8, 4) is 0 Å². The van der Waals surface area contributed by atoms with Crippen molar-refractivity contribution >= 4 is 0 Å². The van der Waals surface area contributed by atoms with Gasteiger partial charge in [-0.3, -0.25) is 0 Å². The van der Waals surface area contributed by atoms with E-state index in [9.17, 15) is 0 Å². The van der Waals surface area contributed by atoms with Crippen LogP contribution in [0.3, 0.4) is 0 Å². The zero-order valence-electron chi connectivity index (χ0n) is 28.4. The summed E-state index contributed by atoms with van der Waals surface area (Å²) in [6, 6.07) is 22.2. The summed E-state index contributed by atoms with van der Waals surface area (Å²) in [5.74, 6) is 2.01. The van der Waals surface area contributed by atoms with Crippen LogP contribution in [-0.4, -0.2) is 4.57 Å². The Kier molecular flexibility index (Phi) is 18.1. The van der Waals surface area contributed by atoms with E-state index in [2.05, 4.69) is 96.8 Å². The zero-order chi connectivity index (χ0) is 30.4. The van der Waals surface area contributed by atoms with E-state index in [1.165, 1.54) is 138 Å². The molecule has 0 radical (unpaired) electrons. The standard InChI is InChI=1S/C41H65N2/c1-4-6-8-9-10-11-12-13-14-15-16-17-18-19-20-27-33-43-40(34-37(3)39-30-25-22-26-31-39)36-42(32-7-5-2)41(43)35-38-28-23-21-24-29-38/h21-26,28-31,36-37H,4-20,27,32-35H2,1-3H3/q+1. The molecule has 0 aliphatic carbocycles. The van der Waals surface area contributed by atoms with E-state index in [0.717, 1.165) is 25.9 Å². The van der Waals surface area contributed by atoms with Crippen LogP contribution in [0.25, 0.3) is 0 Å². The lowest BCUT2D eigenvalue weighted by molar-refractivity contribution is -0.710. The van der Waals surface area contributed by atoms with Crippen LogP contribution in [0.4, 0.5) is 0 Å². The Morgan fingerprint density at radius 3 is 1.60 bits per heavy atom. The minimum Gasteiger partial charge on any atom is -0.234 e. The summed E-state index contributed by atoms with van der Waals surface area (Å²) in [5, 5.41) is 0. The van der Waals surface area contributed by atoms with Crippen LogP contribution in [0.15, 0.2) is 66.9 Å². The molecular weight excluding hydrogens is 520 g/mol. The molecular formula is C41H65N2+. The largest absolute Gasteiger partial charge is 0.261 e. The summed E-state index contributed by atoms with van der Waals surface area (Å²) in [6.07, 6.45) is 29.8. The lowest BCUT2D eigenvalue weighted by Gasteiger charge is -2.12. The fourth-order valence-corrected chi connectivity index (χ4v) is 6.61. The SMILES string of the molecule is CCCCCCCCCCCCCCCCCC[n+]1c(CC(C)c2ccccc2)cn(CCCC)c1Cc1ccccc1. The van der Waals surface area contributed by atoms with Crippen molar-refractivity contribution in [2.24, 2.45) is 0 Å². The van der Waals surface area contributed by atoms with Gasteiger partial charge in [0.15, 0.2) is 0 Å². The van der Waals surface area contributed by atoms with Gasteiger partial charge in [0.25, 0.3) is 5.82 Å². The molecule has 0 saturated heterocycles. The highest BCUT2D eigenvalue weighted by molar-refractivity contribution is 5.21. The van der Waals surface area contributed by atoms with Crippen LogP contribution in [-0.2, 0) is 25.9 Å². The monoisotopic (exact) mass is 586 g/mol. The molecule has 2 nitrogen and oxygen atoms in total. The molecule has 0 amide bonds. The van der Waals surface area contributed by atoms with Gasteiger partial charge in [-0.25, -0.2) is 9.13 Å². The molecule has 0 fully saturated rings. The van der Waals surface area contributed by atoms with Crippen molar-refractivity contribution in [2.75, 3.05) is 0 Å².